The summed E-state index contributed by atoms with van der Waals surface area (Å²) >= 11 is 0. The van der Waals surface area contributed by atoms with Crippen molar-refractivity contribution in [3.05, 3.63) is 0 Å². The molecule has 0 aromatic carbocycles. The van der Waals surface area contributed by atoms with Crippen molar-refractivity contribution in [2.75, 3.05) is 19.8 Å². The van der Waals surface area contributed by atoms with Gasteiger partial charge in [0.15, 0.2) is 0 Å². The summed E-state index contributed by atoms with van der Waals surface area (Å²) in [6.45, 7) is 8.07. The summed E-state index contributed by atoms with van der Waals surface area (Å²) < 4.78 is 5.40. The molecule has 4 heteroatoms. The Balaban J connectivity index is 2.27. The maximum absolute atomic E-state index is 11.7. The van der Waals surface area contributed by atoms with E-state index in [0.29, 0.717) is 19.2 Å². The number of rotatable bonds is 5. The van der Waals surface area contributed by atoms with E-state index in [1.54, 1.807) is 0 Å². The smallest absolute Gasteiger partial charge is 0.234 e. The highest BCUT2D eigenvalue weighted by atomic mass is 16.5. The SMILES string of the molecule is CCC(C)NCC(=O)NC1(C)CCCOC1. The van der Waals surface area contributed by atoms with Crippen LogP contribution in [0.15, 0.2) is 0 Å². The summed E-state index contributed by atoms with van der Waals surface area (Å²) in [6.07, 6.45) is 3.06. The van der Waals surface area contributed by atoms with Crippen LogP contribution in [0.1, 0.15) is 40.0 Å². The average Bonchev–Trinajstić information content (AvgIpc) is 2.26. The van der Waals surface area contributed by atoms with Crippen molar-refractivity contribution in [3.63, 3.8) is 0 Å². The molecule has 1 heterocycles. The topological polar surface area (TPSA) is 50.4 Å². The van der Waals surface area contributed by atoms with Gasteiger partial charge in [-0.2, -0.15) is 0 Å². The molecule has 1 saturated heterocycles. The van der Waals surface area contributed by atoms with Crippen molar-refractivity contribution in [1.29, 1.82) is 0 Å². The van der Waals surface area contributed by atoms with Crippen LogP contribution in [0.4, 0.5) is 0 Å². The van der Waals surface area contributed by atoms with Crippen LogP contribution in [0.2, 0.25) is 0 Å². The molecule has 0 radical (unpaired) electrons. The van der Waals surface area contributed by atoms with Crippen molar-refractivity contribution >= 4 is 5.91 Å². The van der Waals surface area contributed by atoms with E-state index in [1.807, 2.05) is 6.92 Å². The molecular formula is C12H24N2O2. The molecule has 4 nitrogen and oxygen atoms in total. The second-order valence-corrected chi connectivity index (χ2v) is 4.96. The summed E-state index contributed by atoms with van der Waals surface area (Å²) in [5.41, 5.74) is -0.174. The molecule has 16 heavy (non-hydrogen) atoms. The number of carbonyl (C=O) groups is 1. The minimum absolute atomic E-state index is 0.0632. The van der Waals surface area contributed by atoms with Crippen LogP contribution in [0.5, 0.6) is 0 Å². The van der Waals surface area contributed by atoms with E-state index in [-0.39, 0.29) is 11.4 Å². The Morgan fingerprint density at radius 1 is 1.56 bits per heavy atom. The molecule has 0 aliphatic carbocycles. The van der Waals surface area contributed by atoms with E-state index in [9.17, 15) is 4.79 Å². The fourth-order valence-corrected chi connectivity index (χ4v) is 1.82. The predicted octanol–water partition coefficient (Wildman–Crippen LogP) is 1.06. The molecule has 1 fully saturated rings. The highest BCUT2D eigenvalue weighted by molar-refractivity contribution is 5.78. The lowest BCUT2D eigenvalue weighted by Gasteiger charge is -2.34. The number of nitrogens with one attached hydrogen (secondary N) is 2. The maximum Gasteiger partial charge on any atom is 0.234 e. The van der Waals surface area contributed by atoms with E-state index in [2.05, 4.69) is 24.5 Å². The summed E-state index contributed by atoms with van der Waals surface area (Å²) in [5, 5.41) is 6.23. The number of ether oxygens (including phenoxy) is 1. The van der Waals surface area contributed by atoms with E-state index in [0.717, 1.165) is 25.9 Å². The second kappa shape index (κ2) is 6.21. The highest BCUT2D eigenvalue weighted by Crippen LogP contribution is 2.17. The van der Waals surface area contributed by atoms with Crippen LogP contribution in [0.3, 0.4) is 0 Å². The molecular weight excluding hydrogens is 204 g/mol. The largest absolute Gasteiger partial charge is 0.379 e. The lowest BCUT2D eigenvalue weighted by molar-refractivity contribution is -0.123. The molecule has 0 saturated carbocycles. The molecule has 2 unspecified atom stereocenters. The van der Waals surface area contributed by atoms with Crippen LogP contribution >= 0.6 is 0 Å². The van der Waals surface area contributed by atoms with Crippen LogP contribution < -0.4 is 10.6 Å². The van der Waals surface area contributed by atoms with Crippen molar-refractivity contribution in [1.82, 2.24) is 10.6 Å². The van der Waals surface area contributed by atoms with E-state index in [4.69, 9.17) is 4.74 Å². The molecule has 0 aromatic rings. The Bertz CT molecular complexity index is 225. The standard InChI is InChI=1S/C12H24N2O2/c1-4-10(2)13-8-11(15)14-12(3)6-5-7-16-9-12/h10,13H,4-9H2,1-3H3,(H,14,15). The van der Waals surface area contributed by atoms with Gasteiger partial charge < -0.3 is 15.4 Å². The molecule has 2 N–H and O–H groups in total. The van der Waals surface area contributed by atoms with Crippen molar-refractivity contribution in [2.45, 2.75) is 51.6 Å². The van der Waals surface area contributed by atoms with Crippen LogP contribution in [0, 0.1) is 0 Å². The summed E-state index contributed by atoms with van der Waals surface area (Å²) in [4.78, 5) is 11.7. The summed E-state index contributed by atoms with van der Waals surface area (Å²) in [5.74, 6) is 0.0632. The van der Waals surface area contributed by atoms with Gasteiger partial charge in [0, 0.05) is 12.6 Å². The Kier molecular flexibility index (Phi) is 5.22. The van der Waals surface area contributed by atoms with Crippen molar-refractivity contribution < 1.29 is 9.53 Å². The molecule has 0 aromatic heterocycles. The molecule has 1 aliphatic heterocycles. The van der Waals surface area contributed by atoms with Gasteiger partial charge in [0.05, 0.1) is 18.7 Å². The van der Waals surface area contributed by atoms with E-state index in [1.165, 1.54) is 0 Å². The summed E-state index contributed by atoms with van der Waals surface area (Å²) in [6, 6.07) is 0.390. The quantitative estimate of drug-likeness (QED) is 0.740. The zero-order valence-electron chi connectivity index (χ0n) is 10.6. The lowest BCUT2D eigenvalue weighted by atomic mass is 9.95. The molecule has 1 rings (SSSR count). The van der Waals surface area contributed by atoms with Crippen LogP contribution in [-0.4, -0.2) is 37.2 Å². The number of amides is 1. The van der Waals surface area contributed by atoms with Gasteiger partial charge in [0.1, 0.15) is 0 Å². The zero-order chi connectivity index (χ0) is 12.0. The van der Waals surface area contributed by atoms with Crippen molar-refractivity contribution in [3.8, 4) is 0 Å². The fraction of sp³-hybridized carbons (Fsp3) is 0.917. The zero-order valence-corrected chi connectivity index (χ0v) is 10.6. The first kappa shape index (κ1) is 13.5. The van der Waals surface area contributed by atoms with Crippen LogP contribution in [-0.2, 0) is 9.53 Å². The minimum atomic E-state index is -0.174. The Hall–Kier alpha value is -0.610. The van der Waals surface area contributed by atoms with E-state index >= 15 is 0 Å². The fourth-order valence-electron chi connectivity index (χ4n) is 1.82. The van der Waals surface area contributed by atoms with Gasteiger partial charge >= 0.3 is 0 Å². The van der Waals surface area contributed by atoms with Gasteiger partial charge in [-0.3, -0.25) is 4.79 Å². The molecule has 0 bridgehead atoms. The normalized spacial score (nSPS) is 27.4. The third kappa shape index (κ3) is 4.49. The van der Waals surface area contributed by atoms with Gasteiger partial charge in [-0.25, -0.2) is 0 Å². The van der Waals surface area contributed by atoms with Gasteiger partial charge in [-0.1, -0.05) is 6.92 Å². The van der Waals surface area contributed by atoms with Gasteiger partial charge in [0.25, 0.3) is 0 Å². The molecule has 1 aliphatic rings. The second-order valence-electron chi connectivity index (χ2n) is 4.96. The first-order valence-corrected chi connectivity index (χ1v) is 6.18. The van der Waals surface area contributed by atoms with Gasteiger partial charge in [0.2, 0.25) is 5.91 Å². The Morgan fingerprint density at radius 2 is 2.31 bits per heavy atom. The summed E-state index contributed by atoms with van der Waals surface area (Å²) in [7, 11) is 0. The first-order valence-electron chi connectivity index (χ1n) is 6.18. The number of hydrogen-bond donors (Lipinski definition) is 2. The predicted molar refractivity (Wildman–Crippen MR) is 64.4 cm³/mol. The first-order chi connectivity index (χ1) is 7.56. The van der Waals surface area contributed by atoms with Crippen LogP contribution in [0.25, 0.3) is 0 Å². The number of hydrogen-bond acceptors (Lipinski definition) is 3. The molecule has 0 spiro atoms. The monoisotopic (exact) mass is 228 g/mol. The minimum Gasteiger partial charge on any atom is -0.379 e. The van der Waals surface area contributed by atoms with Crippen molar-refractivity contribution in [2.24, 2.45) is 0 Å². The molecule has 1 amide bonds. The Morgan fingerprint density at radius 3 is 2.88 bits per heavy atom. The highest BCUT2D eigenvalue weighted by Gasteiger charge is 2.28. The Labute approximate surface area is 98.1 Å². The maximum atomic E-state index is 11.7. The molecule has 94 valence electrons. The number of carbonyl (C=O) groups excluding carboxylic acids is 1. The van der Waals surface area contributed by atoms with E-state index < -0.39 is 0 Å². The van der Waals surface area contributed by atoms with Gasteiger partial charge in [-0.15, -0.1) is 0 Å². The third-order valence-corrected chi connectivity index (χ3v) is 3.10. The van der Waals surface area contributed by atoms with Gasteiger partial charge in [-0.05, 0) is 33.1 Å². The molecule has 2 atom stereocenters. The lowest BCUT2D eigenvalue weighted by Crippen LogP contribution is -2.54. The third-order valence-electron chi connectivity index (χ3n) is 3.10. The average molecular weight is 228 g/mol.